The molecular weight excluding hydrogens is 301 g/mol. The Labute approximate surface area is 119 Å². The zero-order chi connectivity index (χ0) is 12.9. The first kappa shape index (κ1) is 12.5. The normalized spacial score (nSPS) is 17.9. The Hall–Kier alpha value is -1.57. The first-order valence-electron chi connectivity index (χ1n) is 6.38. The van der Waals surface area contributed by atoms with Crippen LogP contribution in [0.5, 0.6) is 0 Å². The van der Waals surface area contributed by atoms with E-state index in [4.69, 9.17) is 4.84 Å². The van der Waals surface area contributed by atoms with Crippen LogP contribution in [0.3, 0.4) is 0 Å². The van der Waals surface area contributed by atoms with Crippen LogP contribution in [-0.4, -0.2) is 26.8 Å². The van der Waals surface area contributed by atoms with Crippen molar-refractivity contribution in [3.63, 3.8) is 0 Å². The average molecular weight is 316 g/mol. The van der Waals surface area contributed by atoms with Crippen LogP contribution in [0.2, 0.25) is 5.32 Å². The van der Waals surface area contributed by atoms with Crippen LogP contribution in [0.15, 0.2) is 65.8 Å². The fraction of sp³-hybridized carbons (Fsp3) is 0.188. The maximum absolute atomic E-state index is 5.55. The number of hydrogen-bond donors (Lipinski definition) is 0. The van der Waals surface area contributed by atoms with E-state index in [0.29, 0.717) is 15.0 Å². The Morgan fingerprint density at radius 1 is 1.00 bits per heavy atom. The van der Waals surface area contributed by atoms with Crippen molar-refractivity contribution in [2.45, 2.75) is 17.8 Å². The Morgan fingerprint density at radius 3 is 2.42 bits per heavy atom. The van der Waals surface area contributed by atoms with Crippen LogP contribution < -0.4 is 4.46 Å². The van der Waals surface area contributed by atoms with Gasteiger partial charge in [-0.1, -0.05) is 0 Å². The van der Waals surface area contributed by atoms with Gasteiger partial charge in [-0.3, -0.25) is 0 Å². The molecule has 1 heterocycles. The fourth-order valence-electron chi connectivity index (χ4n) is 2.02. The van der Waals surface area contributed by atoms with Crippen molar-refractivity contribution >= 4 is 25.1 Å². The molecule has 0 aliphatic carbocycles. The van der Waals surface area contributed by atoms with Gasteiger partial charge in [0.15, 0.2) is 0 Å². The van der Waals surface area contributed by atoms with Gasteiger partial charge in [0, 0.05) is 0 Å². The number of hydrogen-bond acceptors (Lipinski definition) is 2. The molecule has 1 aliphatic heterocycles. The Morgan fingerprint density at radius 2 is 1.68 bits per heavy atom. The second kappa shape index (κ2) is 6.05. The Kier molecular flexibility index (Phi) is 3.97. The zero-order valence-electron chi connectivity index (χ0n) is 10.5. The van der Waals surface area contributed by atoms with E-state index in [0.717, 1.165) is 17.5 Å². The van der Waals surface area contributed by atoms with Crippen molar-refractivity contribution < 1.29 is 4.84 Å². The van der Waals surface area contributed by atoms with Crippen molar-refractivity contribution in [1.82, 2.24) is 0 Å². The van der Waals surface area contributed by atoms with E-state index < -0.39 is 0 Å². The third-order valence-corrected chi connectivity index (χ3v) is 5.42. The standard InChI is InChI=1S/C16H15NOSe/c1-3-7-13(8-4-1)16-11-14(18-17-16)12-19-15-9-5-2-6-10-15/h1-10,14H,11-12H2. The number of oxime groups is 1. The van der Waals surface area contributed by atoms with Crippen LogP contribution in [0.25, 0.3) is 0 Å². The summed E-state index contributed by atoms with van der Waals surface area (Å²) in [4.78, 5) is 5.55. The van der Waals surface area contributed by atoms with Gasteiger partial charge in [0.2, 0.25) is 0 Å². The van der Waals surface area contributed by atoms with Crippen molar-refractivity contribution in [2.24, 2.45) is 5.16 Å². The molecule has 0 saturated heterocycles. The molecule has 3 heteroatoms. The molecule has 0 N–H and O–H groups in total. The first-order chi connectivity index (χ1) is 9.42. The molecule has 1 atom stereocenters. The monoisotopic (exact) mass is 317 g/mol. The molecule has 0 bridgehead atoms. The van der Waals surface area contributed by atoms with E-state index in [1.807, 2.05) is 18.2 Å². The van der Waals surface area contributed by atoms with Gasteiger partial charge in [-0.2, -0.15) is 0 Å². The van der Waals surface area contributed by atoms with Crippen molar-refractivity contribution in [3.05, 3.63) is 66.2 Å². The van der Waals surface area contributed by atoms with E-state index in [9.17, 15) is 0 Å². The van der Waals surface area contributed by atoms with Gasteiger partial charge in [0.05, 0.1) is 0 Å². The summed E-state index contributed by atoms with van der Waals surface area (Å²) in [6, 6.07) is 20.9. The second-order valence-electron chi connectivity index (χ2n) is 4.46. The quantitative estimate of drug-likeness (QED) is 0.795. The summed E-state index contributed by atoms with van der Waals surface area (Å²) < 4.78 is 1.42. The van der Waals surface area contributed by atoms with Gasteiger partial charge >= 0.3 is 119 Å². The molecule has 1 aliphatic rings. The summed E-state index contributed by atoms with van der Waals surface area (Å²) >= 11 is 0.466. The van der Waals surface area contributed by atoms with E-state index in [-0.39, 0.29) is 6.10 Å². The number of rotatable bonds is 4. The summed E-state index contributed by atoms with van der Waals surface area (Å²) in [6.45, 7) is 0. The minimum absolute atomic E-state index is 0.246. The van der Waals surface area contributed by atoms with Crippen LogP contribution in [-0.2, 0) is 4.84 Å². The summed E-state index contributed by atoms with van der Waals surface area (Å²) in [5, 5.41) is 5.31. The predicted octanol–water partition coefficient (Wildman–Crippen LogP) is 2.63. The van der Waals surface area contributed by atoms with E-state index in [1.165, 1.54) is 10.0 Å². The summed E-state index contributed by atoms with van der Waals surface area (Å²) in [5.74, 6) is 0. The summed E-state index contributed by atoms with van der Waals surface area (Å²) in [5.41, 5.74) is 2.26. The third kappa shape index (κ3) is 3.25. The van der Waals surface area contributed by atoms with Crippen LogP contribution in [0.1, 0.15) is 12.0 Å². The molecule has 1 unspecified atom stereocenters. The van der Waals surface area contributed by atoms with Crippen LogP contribution in [0.4, 0.5) is 0 Å². The molecular formula is C16H15NOSe. The second-order valence-corrected chi connectivity index (χ2v) is 6.75. The first-order valence-corrected chi connectivity index (χ1v) is 8.44. The topological polar surface area (TPSA) is 21.6 Å². The molecule has 0 aromatic heterocycles. The minimum atomic E-state index is 0.246. The maximum atomic E-state index is 5.55. The number of nitrogens with zero attached hydrogens (tertiary/aromatic N) is 1. The van der Waals surface area contributed by atoms with Gasteiger partial charge in [-0.15, -0.1) is 0 Å². The van der Waals surface area contributed by atoms with Gasteiger partial charge in [-0.25, -0.2) is 0 Å². The fourth-order valence-corrected chi connectivity index (χ4v) is 3.93. The molecule has 19 heavy (non-hydrogen) atoms. The van der Waals surface area contributed by atoms with Crippen LogP contribution >= 0.6 is 0 Å². The van der Waals surface area contributed by atoms with Crippen molar-refractivity contribution in [3.8, 4) is 0 Å². The molecule has 0 amide bonds. The van der Waals surface area contributed by atoms with Crippen LogP contribution in [0, 0.1) is 0 Å². The zero-order valence-corrected chi connectivity index (χ0v) is 12.2. The van der Waals surface area contributed by atoms with Gasteiger partial charge in [-0.05, 0) is 0 Å². The van der Waals surface area contributed by atoms with E-state index >= 15 is 0 Å². The average Bonchev–Trinajstić information content (AvgIpc) is 2.96. The summed E-state index contributed by atoms with van der Waals surface area (Å²) in [6.07, 6.45) is 1.17. The molecule has 2 aromatic carbocycles. The van der Waals surface area contributed by atoms with Gasteiger partial charge in [0.25, 0.3) is 0 Å². The van der Waals surface area contributed by atoms with Gasteiger partial charge in [0.1, 0.15) is 0 Å². The van der Waals surface area contributed by atoms with E-state index in [2.05, 4.69) is 47.6 Å². The number of benzene rings is 2. The molecule has 96 valence electrons. The van der Waals surface area contributed by atoms with Gasteiger partial charge < -0.3 is 0 Å². The predicted molar refractivity (Wildman–Crippen MR) is 79.1 cm³/mol. The van der Waals surface area contributed by atoms with Crippen molar-refractivity contribution in [1.29, 1.82) is 0 Å². The molecule has 3 rings (SSSR count). The van der Waals surface area contributed by atoms with Crippen molar-refractivity contribution in [2.75, 3.05) is 0 Å². The van der Waals surface area contributed by atoms with E-state index in [1.54, 1.807) is 0 Å². The molecule has 0 saturated carbocycles. The SMILES string of the molecule is c1ccc([Se]CC2CC(c3ccccc3)=NO2)cc1. The molecule has 0 radical (unpaired) electrons. The molecule has 0 fully saturated rings. The Balaban J connectivity index is 1.54. The third-order valence-electron chi connectivity index (χ3n) is 3.02. The molecule has 2 aromatic rings. The summed E-state index contributed by atoms with van der Waals surface area (Å²) in [7, 11) is 0. The Bertz CT molecular complexity index is 553. The molecule has 2 nitrogen and oxygen atoms in total. The molecule has 0 spiro atoms.